The van der Waals surface area contributed by atoms with E-state index in [4.69, 9.17) is 10.3 Å². The third-order valence-corrected chi connectivity index (χ3v) is 7.66. The number of nitrogens with one attached hydrogen (secondary N) is 1. The Morgan fingerprint density at radius 3 is 2.59 bits per heavy atom. The third kappa shape index (κ3) is 5.14. The van der Waals surface area contributed by atoms with Gasteiger partial charge in [-0.2, -0.15) is 0 Å². The highest BCUT2D eigenvalue weighted by Crippen LogP contribution is 2.41. The average molecular weight is 463 g/mol. The van der Waals surface area contributed by atoms with Gasteiger partial charge >= 0.3 is 0 Å². The van der Waals surface area contributed by atoms with Gasteiger partial charge in [0.15, 0.2) is 0 Å². The fourth-order valence-corrected chi connectivity index (χ4v) is 5.03. The molecule has 3 N–H and O–H groups in total. The normalized spacial score (nSPS) is 12.8. The number of hydrogen-bond donors (Lipinski definition) is 2. The molecule has 4 rings (SSSR count). The fraction of sp³-hybridized carbons (Fsp3) is 0.0833. The van der Waals surface area contributed by atoms with Crippen LogP contribution >= 0.6 is 18.7 Å². The second kappa shape index (κ2) is 9.49. The van der Waals surface area contributed by atoms with E-state index in [1.54, 1.807) is 48.3 Å². The van der Waals surface area contributed by atoms with Crippen molar-refractivity contribution in [1.82, 2.24) is 4.98 Å². The number of carbonyl (C=O) groups is 1. The predicted octanol–water partition coefficient (Wildman–Crippen LogP) is 5.39. The van der Waals surface area contributed by atoms with Gasteiger partial charge in [0.2, 0.25) is 7.37 Å². The lowest BCUT2D eigenvalue weighted by Gasteiger charge is -2.14. The Bertz CT molecular complexity index is 1260. The Balaban J connectivity index is 1.42. The van der Waals surface area contributed by atoms with Gasteiger partial charge in [0.1, 0.15) is 0 Å². The summed E-state index contributed by atoms with van der Waals surface area (Å²) in [7, 11) is -2.95. The van der Waals surface area contributed by atoms with Crippen molar-refractivity contribution >= 4 is 41.3 Å². The maximum absolute atomic E-state index is 12.8. The van der Waals surface area contributed by atoms with Gasteiger partial charge in [0.25, 0.3) is 5.91 Å². The molecule has 0 aliphatic carbocycles. The molecule has 32 heavy (non-hydrogen) atoms. The quantitative estimate of drug-likeness (QED) is 0.283. The Hall–Kier alpha value is -3.25. The van der Waals surface area contributed by atoms with E-state index >= 15 is 0 Å². The summed E-state index contributed by atoms with van der Waals surface area (Å²) in [5, 5.41) is 5.50. The molecule has 162 valence electrons. The van der Waals surface area contributed by atoms with Gasteiger partial charge in [-0.3, -0.25) is 14.3 Å². The summed E-state index contributed by atoms with van der Waals surface area (Å²) in [6.45, 7) is 1.67. The first-order chi connectivity index (χ1) is 15.4. The van der Waals surface area contributed by atoms with Crippen molar-refractivity contribution < 1.29 is 13.9 Å². The zero-order valence-electron chi connectivity index (χ0n) is 17.4. The van der Waals surface area contributed by atoms with Crippen molar-refractivity contribution in [2.24, 2.45) is 0 Å². The summed E-state index contributed by atoms with van der Waals surface area (Å²) in [5.74, 6) is -0.314. The zero-order valence-corrected chi connectivity index (χ0v) is 19.1. The van der Waals surface area contributed by atoms with Gasteiger partial charge in [-0.25, -0.2) is 0 Å². The van der Waals surface area contributed by atoms with Crippen LogP contribution in [0.1, 0.15) is 16.1 Å². The lowest BCUT2D eigenvalue weighted by atomic mass is 10.1. The Labute approximate surface area is 190 Å². The molecule has 0 saturated carbocycles. The highest BCUT2D eigenvalue weighted by molar-refractivity contribution is 7.66. The number of nitrogen functional groups attached to an aromatic ring is 1. The summed E-state index contributed by atoms with van der Waals surface area (Å²) in [4.78, 5) is 18.1. The summed E-state index contributed by atoms with van der Waals surface area (Å²) < 4.78 is 18.4. The molecule has 1 unspecified atom stereocenters. The molecular formula is C24H22N3O3PS. The second-order valence-corrected chi connectivity index (χ2v) is 10.6. The minimum Gasteiger partial charge on any atom is -0.397 e. The number of nitrogens with two attached hydrogens (primary N) is 1. The van der Waals surface area contributed by atoms with Crippen molar-refractivity contribution in [2.45, 2.75) is 6.61 Å². The second-order valence-electron chi connectivity index (χ2n) is 7.23. The fourth-order valence-electron chi connectivity index (χ4n) is 3.06. The largest absolute Gasteiger partial charge is 0.397 e. The van der Waals surface area contributed by atoms with Crippen molar-refractivity contribution in [3.05, 3.63) is 95.6 Å². The SMILES string of the molecule is CP(=O)(OCc1ccc(C(=O)Nc2cc(-c3cccs3)ccc2N)cn1)c1ccccc1. The van der Waals surface area contributed by atoms with Gasteiger partial charge in [0, 0.05) is 23.0 Å². The Morgan fingerprint density at radius 1 is 1.09 bits per heavy atom. The zero-order chi connectivity index (χ0) is 22.6. The number of carbonyl (C=O) groups excluding carboxylic acids is 1. The van der Waals surface area contributed by atoms with Crippen LogP contribution in [0.25, 0.3) is 10.4 Å². The van der Waals surface area contributed by atoms with E-state index in [2.05, 4.69) is 10.3 Å². The molecule has 0 fully saturated rings. The first kappa shape index (κ1) is 22.0. The van der Waals surface area contributed by atoms with Crippen molar-refractivity contribution in [2.75, 3.05) is 17.7 Å². The molecular weight excluding hydrogens is 441 g/mol. The molecule has 0 saturated heterocycles. The van der Waals surface area contributed by atoms with Gasteiger partial charge in [-0.15, -0.1) is 11.3 Å². The first-order valence-corrected chi connectivity index (χ1v) is 12.8. The number of aromatic nitrogens is 1. The molecule has 1 amide bonds. The van der Waals surface area contributed by atoms with Gasteiger partial charge in [-0.1, -0.05) is 30.3 Å². The standard InChI is InChI=1S/C24H22N3O3PS/c1-31(29,20-6-3-2-4-7-20)30-16-19-11-9-18(15-26-19)24(28)27-22-14-17(10-12-21(22)25)23-8-5-13-32-23/h2-15H,16,25H2,1H3,(H,27,28). The number of pyridine rings is 1. The maximum Gasteiger partial charge on any atom is 0.257 e. The van der Waals surface area contributed by atoms with Crippen molar-refractivity contribution in [3.63, 3.8) is 0 Å². The minimum atomic E-state index is -2.95. The number of rotatable bonds is 7. The summed E-state index contributed by atoms with van der Waals surface area (Å²) in [6, 6.07) is 22.0. The molecule has 2 heterocycles. The van der Waals surface area contributed by atoms with Crippen LogP contribution < -0.4 is 16.4 Å². The van der Waals surface area contributed by atoms with Crippen LogP contribution in [0, 0.1) is 0 Å². The van der Waals surface area contributed by atoms with E-state index in [0.29, 0.717) is 27.9 Å². The summed E-state index contributed by atoms with van der Waals surface area (Å²) >= 11 is 1.62. The number of benzene rings is 2. The van der Waals surface area contributed by atoms with E-state index in [1.807, 2.05) is 47.8 Å². The van der Waals surface area contributed by atoms with E-state index in [9.17, 15) is 9.36 Å². The molecule has 2 aromatic heterocycles. The van der Waals surface area contributed by atoms with Crippen LogP contribution in [-0.2, 0) is 15.7 Å². The van der Waals surface area contributed by atoms with Crippen LogP contribution in [0.2, 0.25) is 0 Å². The number of nitrogens with zero attached hydrogens (tertiary/aromatic N) is 1. The molecule has 0 radical (unpaired) electrons. The molecule has 8 heteroatoms. The lowest BCUT2D eigenvalue weighted by Crippen LogP contribution is -2.14. The molecule has 0 aliphatic rings. The molecule has 0 spiro atoms. The van der Waals surface area contributed by atoms with Crippen LogP contribution in [0.4, 0.5) is 11.4 Å². The van der Waals surface area contributed by atoms with E-state index in [-0.39, 0.29) is 12.5 Å². The number of anilines is 2. The monoisotopic (exact) mass is 463 g/mol. The molecule has 6 nitrogen and oxygen atoms in total. The van der Waals surface area contributed by atoms with Crippen LogP contribution in [-0.4, -0.2) is 17.6 Å². The number of thiophene rings is 1. The van der Waals surface area contributed by atoms with E-state index in [1.165, 1.54) is 6.20 Å². The molecule has 0 aliphatic heterocycles. The van der Waals surface area contributed by atoms with E-state index < -0.39 is 7.37 Å². The van der Waals surface area contributed by atoms with Gasteiger partial charge in [-0.05, 0) is 53.4 Å². The minimum absolute atomic E-state index is 0.0837. The topological polar surface area (TPSA) is 94.3 Å². The predicted molar refractivity (Wildman–Crippen MR) is 131 cm³/mol. The Kier molecular flexibility index (Phi) is 6.51. The van der Waals surface area contributed by atoms with Crippen LogP contribution in [0.15, 0.2) is 84.4 Å². The highest BCUT2D eigenvalue weighted by atomic mass is 32.1. The lowest BCUT2D eigenvalue weighted by molar-refractivity contribution is 0.102. The molecule has 1 atom stereocenters. The summed E-state index contributed by atoms with van der Waals surface area (Å²) in [6.07, 6.45) is 1.47. The molecule has 4 aromatic rings. The molecule has 0 bridgehead atoms. The van der Waals surface area contributed by atoms with Crippen molar-refractivity contribution in [3.8, 4) is 10.4 Å². The smallest absolute Gasteiger partial charge is 0.257 e. The van der Waals surface area contributed by atoms with Crippen molar-refractivity contribution in [1.29, 1.82) is 0 Å². The van der Waals surface area contributed by atoms with E-state index in [0.717, 1.165) is 10.4 Å². The maximum atomic E-state index is 12.8. The Morgan fingerprint density at radius 2 is 1.91 bits per heavy atom. The number of amides is 1. The summed E-state index contributed by atoms with van der Waals surface area (Å²) in [5.41, 5.74) is 9.03. The number of hydrogen-bond acceptors (Lipinski definition) is 6. The molecule has 2 aromatic carbocycles. The van der Waals surface area contributed by atoms with Crippen LogP contribution in [0.3, 0.4) is 0 Å². The third-order valence-electron chi connectivity index (χ3n) is 4.88. The highest BCUT2D eigenvalue weighted by Gasteiger charge is 2.19. The van der Waals surface area contributed by atoms with Gasteiger partial charge in [0.05, 0.1) is 29.2 Å². The van der Waals surface area contributed by atoms with Gasteiger partial charge < -0.3 is 15.6 Å². The average Bonchev–Trinajstić information content (AvgIpc) is 3.35. The first-order valence-electron chi connectivity index (χ1n) is 9.90. The van der Waals surface area contributed by atoms with Crippen LogP contribution in [0.5, 0.6) is 0 Å².